The number of rotatable bonds is 2. The molecule has 1 heterocycles. The molecule has 2 aromatic rings. The van der Waals surface area contributed by atoms with Gasteiger partial charge in [0.2, 0.25) is 0 Å². The zero-order chi connectivity index (χ0) is 12.5. The summed E-state index contributed by atoms with van der Waals surface area (Å²) in [6.07, 6.45) is 2.23. The fourth-order valence-corrected chi connectivity index (χ4v) is 2.74. The SMILES string of the molecule is Cc1cc(CN)nc(C2CCc3ccccc32)n1. The molecule has 0 spiro atoms. The predicted octanol–water partition coefficient (Wildman–Crippen LogP) is 2.32. The molecule has 0 amide bonds. The largest absolute Gasteiger partial charge is 0.325 e. The van der Waals surface area contributed by atoms with Gasteiger partial charge >= 0.3 is 0 Å². The number of hydrogen-bond acceptors (Lipinski definition) is 3. The topological polar surface area (TPSA) is 51.8 Å². The van der Waals surface area contributed by atoms with Gasteiger partial charge in [-0.1, -0.05) is 24.3 Å². The summed E-state index contributed by atoms with van der Waals surface area (Å²) in [6, 6.07) is 10.6. The lowest BCUT2D eigenvalue weighted by atomic mass is 10.0. The van der Waals surface area contributed by atoms with E-state index in [9.17, 15) is 0 Å². The zero-order valence-electron chi connectivity index (χ0n) is 10.6. The van der Waals surface area contributed by atoms with E-state index in [4.69, 9.17) is 5.73 Å². The third-order valence-corrected chi connectivity index (χ3v) is 3.58. The van der Waals surface area contributed by atoms with Crippen LogP contribution in [-0.4, -0.2) is 9.97 Å². The van der Waals surface area contributed by atoms with Gasteiger partial charge in [0.25, 0.3) is 0 Å². The molecule has 3 nitrogen and oxygen atoms in total. The lowest BCUT2D eigenvalue weighted by Crippen LogP contribution is -2.09. The molecule has 0 radical (unpaired) electrons. The minimum Gasteiger partial charge on any atom is -0.325 e. The first-order valence-electron chi connectivity index (χ1n) is 6.40. The Kier molecular flexibility index (Phi) is 2.84. The number of benzene rings is 1. The van der Waals surface area contributed by atoms with Crippen LogP contribution < -0.4 is 5.73 Å². The van der Waals surface area contributed by atoms with E-state index in [1.54, 1.807) is 0 Å². The van der Waals surface area contributed by atoms with Crippen molar-refractivity contribution in [1.29, 1.82) is 0 Å². The Balaban J connectivity index is 2.04. The minimum absolute atomic E-state index is 0.339. The summed E-state index contributed by atoms with van der Waals surface area (Å²) in [5.74, 6) is 1.27. The molecule has 1 aromatic heterocycles. The summed E-state index contributed by atoms with van der Waals surface area (Å²) >= 11 is 0. The highest BCUT2D eigenvalue weighted by Gasteiger charge is 2.25. The first-order chi connectivity index (χ1) is 8.78. The Bertz CT molecular complexity index is 578. The van der Waals surface area contributed by atoms with Gasteiger partial charge in [-0.05, 0) is 37.0 Å². The molecule has 1 atom stereocenters. The van der Waals surface area contributed by atoms with Crippen molar-refractivity contribution in [3.63, 3.8) is 0 Å². The molecular weight excluding hydrogens is 222 g/mol. The third kappa shape index (κ3) is 1.91. The second-order valence-electron chi connectivity index (χ2n) is 4.85. The Morgan fingerprint density at radius 3 is 2.94 bits per heavy atom. The van der Waals surface area contributed by atoms with Crippen LogP contribution in [0.3, 0.4) is 0 Å². The van der Waals surface area contributed by atoms with Gasteiger partial charge in [0.05, 0.1) is 5.69 Å². The van der Waals surface area contributed by atoms with E-state index in [0.29, 0.717) is 12.5 Å². The molecule has 3 heteroatoms. The number of hydrogen-bond donors (Lipinski definition) is 1. The van der Waals surface area contributed by atoms with Gasteiger partial charge in [0, 0.05) is 18.2 Å². The van der Waals surface area contributed by atoms with E-state index in [0.717, 1.165) is 30.1 Å². The van der Waals surface area contributed by atoms with Crippen LogP contribution in [0.25, 0.3) is 0 Å². The zero-order valence-corrected chi connectivity index (χ0v) is 10.6. The van der Waals surface area contributed by atoms with Crippen LogP contribution in [-0.2, 0) is 13.0 Å². The average Bonchev–Trinajstić information content (AvgIpc) is 2.81. The highest BCUT2D eigenvalue weighted by molar-refractivity contribution is 5.38. The maximum atomic E-state index is 5.69. The molecule has 0 fully saturated rings. The molecule has 1 aliphatic carbocycles. The van der Waals surface area contributed by atoms with E-state index in [-0.39, 0.29) is 0 Å². The van der Waals surface area contributed by atoms with Gasteiger partial charge in [0.15, 0.2) is 0 Å². The Labute approximate surface area is 107 Å². The summed E-state index contributed by atoms with van der Waals surface area (Å²) in [4.78, 5) is 9.19. The molecule has 1 unspecified atom stereocenters. The van der Waals surface area contributed by atoms with Crippen LogP contribution in [0.5, 0.6) is 0 Å². The van der Waals surface area contributed by atoms with Crippen molar-refractivity contribution < 1.29 is 0 Å². The van der Waals surface area contributed by atoms with Crippen molar-refractivity contribution in [2.75, 3.05) is 0 Å². The normalized spacial score (nSPS) is 17.8. The molecule has 0 bridgehead atoms. The number of nitrogens with zero attached hydrogens (tertiary/aromatic N) is 2. The summed E-state index contributed by atoms with van der Waals surface area (Å²) in [6.45, 7) is 2.48. The van der Waals surface area contributed by atoms with Crippen LogP contribution >= 0.6 is 0 Å². The second-order valence-corrected chi connectivity index (χ2v) is 4.85. The van der Waals surface area contributed by atoms with Crippen LogP contribution in [0, 0.1) is 6.92 Å². The van der Waals surface area contributed by atoms with Crippen molar-refractivity contribution in [2.24, 2.45) is 5.73 Å². The minimum atomic E-state index is 0.339. The molecule has 1 aliphatic rings. The van der Waals surface area contributed by atoms with Crippen LogP contribution in [0.15, 0.2) is 30.3 Å². The maximum Gasteiger partial charge on any atom is 0.136 e. The van der Waals surface area contributed by atoms with E-state index in [1.807, 2.05) is 13.0 Å². The van der Waals surface area contributed by atoms with Crippen LogP contribution in [0.2, 0.25) is 0 Å². The summed E-state index contributed by atoms with van der Waals surface area (Å²) in [7, 11) is 0. The summed E-state index contributed by atoms with van der Waals surface area (Å²) < 4.78 is 0. The monoisotopic (exact) mass is 239 g/mol. The number of aryl methyl sites for hydroxylation is 2. The second kappa shape index (κ2) is 4.50. The Hall–Kier alpha value is -1.74. The van der Waals surface area contributed by atoms with E-state index in [1.165, 1.54) is 11.1 Å². The number of fused-ring (bicyclic) bond motifs is 1. The van der Waals surface area contributed by atoms with Crippen molar-refractivity contribution in [3.8, 4) is 0 Å². The van der Waals surface area contributed by atoms with Gasteiger partial charge in [-0.2, -0.15) is 0 Å². The highest BCUT2D eigenvalue weighted by Crippen LogP contribution is 2.36. The van der Waals surface area contributed by atoms with Crippen LogP contribution in [0.1, 0.15) is 40.7 Å². The number of nitrogens with two attached hydrogens (primary N) is 1. The fourth-order valence-electron chi connectivity index (χ4n) is 2.74. The molecule has 18 heavy (non-hydrogen) atoms. The van der Waals surface area contributed by atoms with E-state index in [2.05, 4.69) is 34.2 Å². The van der Waals surface area contributed by atoms with E-state index < -0.39 is 0 Å². The highest BCUT2D eigenvalue weighted by atomic mass is 14.9. The molecule has 92 valence electrons. The Morgan fingerprint density at radius 1 is 1.28 bits per heavy atom. The van der Waals surface area contributed by atoms with Gasteiger partial charge in [0.1, 0.15) is 5.82 Å². The van der Waals surface area contributed by atoms with Crippen molar-refractivity contribution in [2.45, 2.75) is 32.2 Å². The van der Waals surface area contributed by atoms with Crippen LogP contribution in [0.4, 0.5) is 0 Å². The van der Waals surface area contributed by atoms with Gasteiger partial charge in [-0.3, -0.25) is 0 Å². The summed E-state index contributed by atoms with van der Waals surface area (Å²) in [5, 5.41) is 0. The van der Waals surface area contributed by atoms with Crippen molar-refractivity contribution >= 4 is 0 Å². The summed E-state index contributed by atoms with van der Waals surface area (Å²) in [5.41, 5.74) is 10.4. The van der Waals surface area contributed by atoms with Crippen molar-refractivity contribution in [1.82, 2.24) is 9.97 Å². The standard InChI is InChI=1S/C15H17N3/c1-10-8-12(9-16)18-15(17-10)14-7-6-11-4-2-3-5-13(11)14/h2-5,8,14H,6-7,9,16H2,1H3. The molecular formula is C15H17N3. The third-order valence-electron chi connectivity index (χ3n) is 3.58. The number of aromatic nitrogens is 2. The first kappa shape index (κ1) is 11.4. The molecule has 3 rings (SSSR count). The molecule has 0 saturated carbocycles. The molecule has 0 aliphatic heterocycles. The van der Waals surface area contributed by atoms with Gasteiger partial charge in [-0.25, -0.2) is 9.97 Å². The molecule has 1 aromatic carbocycles. The quantitative estimate of drug-likeness (QED) is 0.875. The van der Waals surface area contributed by atoms with Crippen molar-refractivity contribution in [3.05, 3.63) is 58.7 Å². The van der Waals surface area contributed by atoms with Gasteiger partial charge in [-0.15, -0.1) is 0 Å². The fraction of sp³-hybridized carbons (Fsp3) is 0.333. The smallest absolute Gasteiger partial charge is 0.136 e. The maximum absolute atomic E-state index is 5.69. The lowest BCUT2D eigenvalue weighted by molar-refractivity contribution is 0.712. The van der Waals surface area contributed by atoms with E-state index >= 15 is 0 Å². The Morgan fingerprint density at radius 2 is 2.11 bits per heavy atom. The predicted molar refractivity (Wildman–Crippen MR) is 71.3 cm³/mol. The first-order valence-corrected chi connectivity index (χ1v) is 6.40. The molecule has 0 saturated heterocycles. The van der Waals surface area contributed by atoms with Gasteiger partial charge < -0.3 is 5.73 Å². The average molecular weight is 239 g/mol. The molecule has 2 N–H and O–H groups in total. The lowest BCUT2D eigenvalue weighted by Gasteiger charge is -2.12.